The van der Waals surface area contributed by atoms with Crippen LogP contribution in [-0.2, 0) is 11.2 Å². The molecular weight excluding hydrogens is 202 g/mol. The molecule has 2 nitrogen and oxygen atoms in total. The number of pyridine rings is 1. The largest absolute Gasteiger partial charge is 0.478 e. The Bertz CT molecular complexity index is 264. The normalized spacial score (nSPS) is 9.62. The zero-order valence-corrected chi connectivity index (χ0v) is 9.03. The number of thiocarbonyl (C=S) groups is 1. The van der Waals surface area contributed by atoms with E-state index in [2.05, 4.69) is 4.98 Å². The second kappa shape index (κ2) is 5.94. The lowest BCUT2D eigenvalue weighted by Crippen LogP contribution is -2.02. The van der Waals surface area contributed by atoms with Crippen molar-refractivity contribution in [2.24, 2.45) is 0 Å². The highest BCUT2D eigenvalue weighted by Crippen LogP contribution is 2.01. The topological polar surface area (TPSA) is 22.1 Å². The smallest absolute Gasteiger partial charge is 0.219 e. The Morgan fingerprint density at radius 1 is 1.62 bits per heavy atom. The molecule has 1 rings (SSSR count). The van der Waals surface area contributed by atoms with Crippen molar-refractivity contribution in [3.63, 3.8) is 0 Å². The Balaban J connectivity index is 2.24. The molecule has 0 fully saturated rings. The lowest BCUT2D eigenvalue weighted by molar-refractivity contribution is 0.325. The van der Waals surface area contributed by atoms with Crippen LogP contribution < -0.4 is 0 Å². The summed E-state index contributed by atoms with van der Waals surface area (Å²) in [6, 6.07) is 5.84. The van der Waals surface area contributed by atoms with Gasteiger partial charge in [-0.25, -0.2) is 0 Å². The van der Waals surface area contributed by atoms with Crippen LogP contribution in [-0.4, -0.2) is 22.2 Å². The fourth-order valence-electron chi connectivity index (χ4n) is 0.844. The van der Waals surface area contributed by atoms with Crippen molar-refractivity contribution < 1.29 is 4.74 Å². The molecule has 1 aromatic rings. The maximum absolute atomic E-state index is 5.25. The molecule has 0 bridgehead atoms. The van der Waals surface area contributed by atoms with Gasteiger partial charge in [0.2, 0.25) is 4.38 Å². The van der Waals surface area contributed by atoms with Crippen LogP contribution in [0.15, 0.2) is 24.4 Å². The van der Waals surface area contributed by atoms with Gasteiger partial charge in [-0.05, 0) is 30.6 Å². The fourth-order valence-corrected chi connectivity index (χ4v) is 1.13. The van der Waals surface area contributed by atoms with Crippen LogP contribution in [0.4, 0.5) is 0 Å². The van der Waals surface area contributed by atoms with Crippen LogP contribution in [0.3, 0.4) is 0 Å². The third kappa shape index (κ3) is 4.24. The van der Waals surface area contributed by atoms with E-state index in [0.717, 1.165) is 12.1 Å². The van der Waals surface area contributed by atoms with Crippen LogP contribution in [0.2, 0.25) is 0 Å². The van der Waals surface area contributed by atoms with Gasteiger partial charge in [-0.3, -0.25) is 4.98 Å². The van der Waals surface area contributed by atoms with Gasteiger partial charge in [-0.15, -0.1) is 0 Å². The maximum atomic E-state index is 5.25. The summed E-state index contributed by atoms with van der Waals surface area (Å²) in [6.07, 6.45) is 4.49. The molecule has 0 aliphatic heterocycles. The summed E-state index contributed by atoms with van der Waals surface area (Å²) in [6.45, 7) is 0.608. The molecular formula is C9H11NOS2. The molecule has 0 saturated carbocycles. The van der Waals surface area contributed by atoms with Crippen molar-refractivity contribution in [2.45, 2.75) is 6.42 Å². The van der Waals surface area contributed by atoms with Crippen LogP contribution in [0, 0.1) is 0 Å². The van der Waals surface area contributed by atoms with Gasteiger partial charge >= 0.3 is 0 Å². The van der Waals surface area contributed by atoms with Crippen LogP contribution in [0.5, 0.6) is 0 Å². The van der Waals surface area contributed by atoms with E-state index in [1.54, 1.807) is 6.20 Å². The lowest BCUT2D eigenvalue weighted by Gasteiger charge is -2.03. The average Bonchev–Trinajstić information content (AvgIpc) is 2.19. The van der Waals surface area contributed by atoms with Crippen molar-refractivity contribution in [1.29, 1.82) is 0 Å². The van der Waals surface area contributed by atoms with Crippen LogP contribution in [0.25, 0.3) is 0 Å². The van der Waals surface area contributed by atoms with Gasteiger partial charge < -0.3 is 4.74 Å². The summed E-state index contributed by atoms with van der Waals surface area (Å²) in [7, 11) is 0. The minimum atomic E-state index is 0.593. The number of rotatable bonds is 3. The van der Waals surface area contributed by atoms with Crippen molar-refractivity contribution in [1.82, 2.24) is 4.98 Å². The van der Waals surface area contributed by atoms with E-state index >= 15 is 0 Å². The molecule has 0 aliphatic rings. The molecule has 1 aromatic heterocycles. The van der Waals surface area contributed by atoms with E-state index < -0.39 is 0 Å². The van der Waals surface area contributed by atoms with Gasteiger partial charge in [0, 0.05) is 18.3 Å². The zero-order valence-electron chi connectivity index (χ0n) is 7.40. The first-order valence-electron chi connectivity index (χ1n) is 3.93. The molecule has 0 amide bonds. The molecule has 0 saturated heterocycles. The van der Waals surface area contributed by atoms with Crippen LogP contribution >= 0.6 is 24.0 Å². The second-order valence-electron chi connectivity index (χ2n) is 2.37. The summed E-state index contributed by atoms with van der Waals surface area (Å²) in [5.41, 5.74) is 1.03. The second-order valence-corrected chi connectivity index (χ2v) is 3.78. The minimum Gasteiger partial charge on any atom is -0.478 e. The molecule has 0 aliphatic carbocycles. The Kier molecular flexibility index (Phi) is 4.78. The number of aromatic nitrogens is 1. The predicted octanol–water partition coefficient (Wildman–Crippen LogP) is 2.29. The number of nitrogens with zero attached hydrogens (tertiary/aromatic N) is 1. The maximum Gasteiger partial charge on any atom is 0.219 e. The molecule has 0 spiro atoms. The molecule has 0 radical (unpaired) electrons. The minimum absolute atomic E-state index is 0.593. The van der Waals surface area contributed by atoms with Crippen molar-refractivity contribution in [2.75, 3.05) is 12.9 Å². The fraction of sp³-hybridized carbons (Fsp3) is 0.333. The molecule has 0 aromatic carbocycles. The molecule has 4 heteroatoms. The summed E-state index contributed by atoms with van der Waals surface area (Å²) < 4.78 is 5.84. The van der Waals surface area contributed by atoms with E-state index in [1.807, 2.05) is 24.5 Å². The van der Waals surface area contributed by atoms with E-state index in [0.29, 0.717) is 11.0 Å². The first-order chi connectivity index (χ1) is 6.33. The highest BCUT2D eigenvalue weighted by atomic mass is 32.2. The molecule has 0 unspecified atom stereocenters. The molecule has 13 heavy (non-hydrogen) atoms. The number of hydrogen-bond donors (Lipinski definition) is 0. The molecule has 0 atom stereocenters. The first-order valence-corrected chi connectivity index (χ1v) is 5.57. The standard InChI is InChI=1S/C9H11NOS2/c1-13-9(12)11-7-5-8-4-2-3-6-10-8/h2-4,6H,5,7H2,1H3. The quantitative estimate of drug-likeness (QED) is 0.718. The summed E-state index contributed by atoms with van der Waals surface area (Å²) >= 11 is 6.34. The SMILES string of the molecule is CSC(=S)OCCc1ccccn1. The number of hydrogen-bond acceptors (Lipinski definition) is 4. The van der Waals surface area contributed by atoms with E-state index in [9.17, 15) is 0 Å². The number of thioether (sulfide) groups is 1. The lowest BCUT2D eigenvalue weighted by atomic mass is 10.3. The van der Waals surface area contributed by atoms with Crippen molar-refractivity contribution in [3.05, 3.63) is 30.1 Å². The predicted molar refractivity (Wildman–Crippen MR) is 60.0 cm³/mol. The van der Waals surface area contributed by atoms with Gasteiger partial charge in [0.25, 0.3) is 0 Å². The Labute approximate surface area is 87.7 Å². The van der Waals surface area contributed by atoms with Gasteiger partial charge in [0.15, 0.2) is 0 Å². The first kappa shape index (κ1) is 10.5. The Hall–Kier alpha value is -0.610. The molecule has 1 heterocycles. The Morgan fingerprint density at radius 3 is 3.08 bits per heavy atom. The van der Waals surface area contributed by atoms with Gasteiger partial charge in [-0.1, -0.05) is 17.8 Å². The van der Waals surface area contributed by atoms with E-state index in [1.165, 1.54) is 11.8 Å². The number of ether oxygens (including phenoxy) is 1. The Morgan fingerprint density at radius 2 is 2.46 bits per heavy atom. The third-order valence-electron chi connectivity index (χ3n) is 1.47. The third-order valence-corrected chi connectivity index (χ3v) is 2.54. The average molecular weight is 213 g/mol. The summed E-state index contributed by atoms with van der Waals surface area (Å²) in [5, 5.41) is 0. The summed E-state index contributed by atoms with van der Waals surface area (Å²) in [4.78, 5) is 4.17. The van der Waals surface area contributed by atoms with Gasteiger partial charge in [-0.2, -0.15) is 0 Å². The van der Waals surface area contributed by atoms with E-state index in [-0.39, 0.29) is 0 Å². The highest BCUT2D eigenvalue weighted by molar-refractivity contribution is 8.22. The van der Waals surface area contributed by atoms with Crippen LogP contribution in [0.1, 0.15) is 5.69 Å². The molecule has 0 N–H and O–H groups in total. The van der Waals surface area contributed by atoms with Crippen molar-refractivity contribution >= 4 is 28.4 Å². The summed E-state index contributed by atoms with van der Waals surface area (Å²) in [5.74, 6) is 0. The van der Waals surface area contributed by atoms with Crippen molar-refractivity contribution in [3.8, 4) is 0 Å². The molecule has 70 valence electrons. The highest BCUT2D eigenvalue weighted by Gasteiger charge is 1.96. The monoisotopic (exact) mass is 213 g/mol. The van der Waals surface area contributed by atoms with E-state index in [4.69, 9.17) is 17.0 Å². The van der Waals surface area contributed by atoms with Gasteiger partial charge in [0.05, 0.1) is 6.61 Å². The zero-order chi connectivity index (χ0) is 9.52. The van der Waals surface area contributed by atoms with Gasteiger partial charge in [0.1, 0.15) is 0 Å².